The summed E-state index contributed by atoms with van der Waals surface area (Å²) in [5.41, 5.74) is 3.00. The third kappa shape index (κ3) is 3.97. The highest BCUT2D eigenvalue weighted by Crippen LogP contribution is 2.26. The van der Waals surface area contributed by atoms with Crippen molar-refractivity contribution in [3.8, 4) is 0 Å². The number of hydrazine groups is 1. The molecule has 0 aromatic heterocycles. The van der Waals surface area contributed by atoms with Gasteiger partial charge in [0, 0.05) is 21.2 Å². The van der Waals surface area contributed by atoms with E-state index in [4.69, 9.17) is 4.74 Å². The quantitative estimate of drug-likeness (QED) is 0.305. The van der Waals surface area contributed by atoms with Crippen LogP contribution in [-0.2, 0) is 4.74 Å². The lowest BCUT2D eigenvalue weighted by Crippen LogP contribution is -2.50. The first kappa shape index (κ1) is 12.7. The minimum atomic E-state index is -0.351. The summed E-state index contributed by atoms with van der Waals surface area (Å²) in [6.07, 6.45) is 1.63. The standard InChI is InChI=1S/C8H19N3OS/c1-6-13-8(2,12-5)11(4)10-7-9-3/h7H,6H2,1-5H3,(H,9,10). The summed E-state index contributed by atoms with van der Waals surface area (Å²) < 4.78 is 5.40. The molecule has 1 N–H and O–H groups in total. The Hall–Kier alpha value is -0.260. The van der Waals surface area contributed by atoms with Crippen LogP contribution in [0.25, 0.3) is 0 Å². The largest absolute Gasteiger partial charge is 0.353 e. The van der Waals surface area contributed by atoms with Crippen molar-refractivity contribution in [2.75, 3.05) is 27.0 Å². The zero-order valence-corrected chi connectivity index (χ0v) is 9.81. The van der Waals surface area contributed by atoms with Crippen LogP contribution in [0.15, 0.2) is 4.99 Å². The number of nitrogens with zero attached hydrogens (tertiary/aromatic N) is 2. The fraction of sp³-hybridized carbons (Fsp3) is 0.875. The molecule has 0 heterocycles. The lowest BCUT2D eigenvalue weighted by Gasteiger charge is -2.35. The second-order valence-corrected chi connectivity index (χ2v) is 4.23. The van der Waals surface area contributed by atoms with Gasteiger partial charge in [-0.15, -0.1) is 11.8 Å². The van der Waals surface area contributed by atoms with Gasteiger partial charge < -0.3 is 10.2 Å². The molecule has 0 rings (SSSR count). The van der Waals surface area contributed by atoms with Crippen LogP contribution < -0.4 is 5.43 Å². The van der Waals surface area contributed by atoms with Gasteiger partial charge >= 0.3 is 0 Å². The van der Waals surface area contributed by atoms with E-state index in [1.165, 1.54) is 0 Å². The fourth-order valence-corrected chi connectivity index (χ4v) is 1.72. The fourth-order valence-electron chi connectivity index (χ4n) is 0.822. The maximum absolute atomic E-state index is 5.40. The number of nitrogens with one attached hydrogen (secondary N) is 1. The molecular weight excluding hydrogens is 186 g/mol. The van der Waals surface area contributed by atoms with Crippen LogP contribution in [0.5, 0.6) is 0 Å². The Labute approximate surface area is 84.7 Å². The van der Waals surface area contributed by atoms with E-state index in [9.17, 15) is 0 Å². The first-order valence-electron chi connectivity index (χ1n) is 4.20. The number of hydrogen-bond acceptors (Lipinski definition) is 4. The number of hydrogen-bond donors (Lipinski definition) is 1. The Bertz CT molecular complexity index is 165. The molecule has 0 fully saturated rings. The van der Waals surface area contributed by atoms with Gasteiger partial charge in [-0.05, 0) is 12.7 Å². The van der Waals surface area contributed by atoms with E-state index in [2.05, 4.69) is 17.3 Å². The molecule has 0 aromatic rings. The first-order chi connectivity index (χ1) is 6.10. The van der Waals surface area contributed by atoms with E-state index in [0.717, 1.165) is 5.75 Å². The highest BCUT2D eigenvalue weighted by atomic mass is 32.2. The monoisotopic (exact) mass is 205 g/mol. The smallest absolute Gasteiger partial charge is 0.182 e. The van der Waals surface area contributed by atoms with Gasteiger partial charge in [-0.25, -0.2) is 0 Å². The third-order valence-electron chi connectivity index (χ3n) is 1.78. The molecule has 1 atom stereocenters. The second kappa shape index (κ2) is 6.23. The number of aliphatic imine (C=N–C) groups is 1. The summed E-state index contributed by atoms with van der Waals surface area (Å²) >= 11 is 1.72. The average molecular weight is 205 g/mol. The predicted octanol–water partition coefficient (Wildman–Crippen LogP) is 1.15. The summed E-state index contributed by atoms with van der Waals surface area (Å²) in [4.78, 5) is 3.84. The van der Waals surface area contributed by atoms with Crippen LogP contribution in [-0.4, -0.2) is 43.4 Å². The van der Waals surface area contributed by atoms with Crippen LogP contribution in [0.1, 0.15) is 13.8 Å². The Morgan fingerprint density at radius 2 is 2.31 bits per heavy atom. The molecule has 0 amide bonds. The lowest BCUT2D eigenvalue weighted by molar-refractivity contribution is -0.0488. The lowest BCUT2D eigenvalue weighted by atomic mass is 10.6. The van der Waals surface area contributed by atoms with Crippen molar-refractivity contribution < 1.29 is 4.74 Å². The summed E-state index contributed by atoms with van der Waals surface area (Å²) in [6, 6.07) is 0. The van der Waals surface area contributed by atoms with Gasteiger partial charge in [0.1, 0.15) is 0 Å². The molecule has 0 aliphatic carbocycles. The maximum Gasteiger partial charge on any atom is 0.182 e. The van der Waals surface area contributed by atoms with E-state index in [1.54, 1.807) is 32.3 Å². The van der Waals surface area contributed by atoms with Crippen LogP contribution in [0.2, 0.25) is 0 Å². The average Bonchev–Trinajstić information content (AvgIpc) is 2.14. The predicted molar refractivity (Wildman–Crippen MR) is 58.9 cm³/mol. The van der Waals surface area contributed by atoms with E-state index < -0.39 is 0 Å². The minimum absolute atomic E-state index is 0.351. The van der Waals surface area contributed by atoms with Gasteiger partial charge in [0.15, 0.2) is 5.06 Å². The van der Waals surface area contributed by atoms with Crippen LogP contribution in [0, 0.1) is 0 Å². The first-order valence-corrected chi connectivity index (χ1v) is 5.19. The molecule has 0 saturated carbocycles. The molecule has 13 heavy (non-hydrogen) atoms. The summed E-state index contributed by atoms with van der Waals surface area (Å²) in [6.45, 7) is 4.11. The molecule has 0 radical (unpaired) electrons. The molecule has 78 valence electrons. The van der Waals surface area contributed by atoms with Gasteiger partial charge in [-0.3, -0.25) is 4.99 Å². The summed E-state index contributed by atoms with van der Waals surface area (Å²) in [5.74, 6) is 1.000. The van der Waals surface area contributed by atoms with Crippen LogP contribution >= 0.6 is 11.8 Å². The Morgan fingerprint density at radius 3 is 2.69 bits per heavy atom. The van der Waals surface area contributed by atoms with E-state index in [1.807, 2.05) is 19.0 Å². The third-order valence-corrected chi connectivity index (χ3v) is 3.05. The molecule has 0 aromatic carbocycles. The van der Waals surface area contributed by atoms with Crippen molar-refractivity contribution >= 4 is 18.1 Å². The van der Waals surface area contributed by atoms with Crippen molar-refractivity contribution in [2.24, 2.45) is 4.99 Å². The molecular formula is C8H19N3OS. The number of rotatable bonds is 6. The molecule has 0 saturated heterocycles. The SMILES string of the molecule is CCSC(C)(OC)N(C)NC=NC. The van der Waals surface area contributed by atoms with Gasteiger partial charge in [0.25, 0.3) is 0 Å². The van der Waals surface area contributed by atoms with Crippen molar-refractivity contribution in [3.05, 3.63) is 0 Å². The van der Waals surface area contributed by atoms with E-state index in [-0.39, 0.29) is 5.06 Å². The topological polar surface area (TPSA) is 36.9 Å². The molecule has 0 bridgehead atoms. The van der Waals surface area contributed by atoms with Crippen molar-refractivity contribution in [3.63, 3.8) is 0 Å². The number of methoxy groups -OCH3 is 1. The van der Waals surface area contributed by atoms with E-state index >= 15 is 0 Å². The Kier molecular flexibility index (Phi) is 6.11. The Morgan fingerprint density at radius 1 is 1.69 bits per heavy atom. The van der Waals surface area contributed by atoms with Gasteiger partial charge in [-0.2, -0.15) is 5.01 Å². The van der Waals surface area contributed by atoms with Crippen LogP contribution in [0.4, 0.5) is 0 Å². The van der Waals surface area contributed by atoms with Crippen molar-refractivity contribution in [2.45, 2.75) is 18.9 Å². The van der Waals surface area contributed by atoms with E-state index in [0.29, 0.717) is 0 Å². The molecule has 0 aliphatic heterocycles. The number of thioether (sulfide) groups is 1. The summed E-state index contributed by atoms with van der Waals surface area (Å²) in [5, 5.41) is 1.53. The zero-order chi connectivity index (χ0) is 10.3. The molecule has 5 heteroatoms. The highest BCUT2D eigenvalue weighted by molar-refractivity contribution is 8.00. The minimum Gasteiger partial charge on any atom is -0.353 e. The maximum atomic E-state index is 5.40. The number of ether oxygens (including phenoxy) is 1. The van der Waals surface area contributed by atoms with Crippen molar-refractivity contribution in [1.29, 1.82) is 0 Å². The van der Waals surface area contributed by atoms with Crippen molar-refractivity contribution in [1.82, 2.24) is 10.4 Å². The highest BCUT2D eigenvalue weighted by Gasteiger charge is 2.28. The molecule has 1 unspecified atom stereocenters. The zero-order valence-electron chi connectivity index (χ0n) is 9.00. The Balaban J connectivity index is 4.18. The normalized spacial score (nSPS) is 16.5. The van der Waals surface area contributed by atoms with Gasteiger partial charge in [0.2, 0.25) is 0 Å². The summed E-state index contributed by atoms with van der Waals surface area (Å²) in [7, 11) is 5.34. The van der Waals surface area contributed by atoms with Gasteiger partial charge in [-0.1, -0.05) is 6.92 Å². The molecule has 0 aliphatic rings. The molecule has 4 nitrogen and oxygen atoms in total. The molecule has 0 spiro atoms. The second-order valence-electron chi connectivity index (χ2n) is 2.61. The van der Waals surface area contributed by atoms with Gasteiger partial charge in [0.05, 0.1) is 6.34 Å². The van der Waals surface area contributed by atoms with Crippen LogP contribution in [0.3, 0.4) is 0 Å².